The first-order valence-electron chi connectivity index (χ1n) is 6.41. The second kappa shape index (κ2) is 7.52. The summed E-state index contributed by atoms with van der Waals surface area (Å²) in [6, 6.07) is 4.52. The van der Waals surface area contributed by atoms with Gasteiger partial charge in [-0.3, -0.25) is 4.79 Å². The van der Waals surface area contributed by atoms with Gasteiger partial charge in [-0.2, -0.15) is 0 Å². The molecule has 0 aliphatic heterocycles. The number of carbonyl (C=O) groups excluding carboxylic acids is 1. The molecule has 0 aromatic heterocycles. The van der Waals surface area contributed by atoms with Crippen LogP contribution < -0.4 is 5.32 Å². The molecule has 2 unspecified atom stereocenters. The van der Waals surface area contributed by atoms with Crippen molar-refractivity contribution in [3.8, 4) is 0 Å². The molecular weight excluding hydrogens is 315 g/mol. The molecule has 0 aliphatic rings. The zero-order valence-corrected chi connectivity index (χ0v) is 13.6. The van der Waals surface area contributed by atoms with E-state index in [-0.39, 0.29) is 18.6 Å². The van der Waals surface area contributed by atoms with Crippen LogP contribution in [0.5, 0.6) is 0 Å². The van der Waals surface area contributed by atoms with E-state index in [4.69, 9.17) is 28.3 Å². The Morgan fingerprint density at radius 3 is 2.43 bits per heavy atom. The quantitative estimate of drug-likeness (QED) is 0.867. The number of carboxylic acids is 1. The molecule has 0 spiro atoms. The number of carboxylic acid groups (broad SMARTS) is 1. The fraction of sp³-hybridized carbons (Fsp3) is 0.429. The highest BCUT2D eigenvalue weighted by Gasteiger charge is 2.19. The van der Waals surface area contributed by atoms with E-state index in [1.807, 2.05) is 6.92 Å². The van der Waals surface area contributed by atoms with Crippen molar-refractivity contribution in [1.29, 1.82) is 0 Å². The van der Waals surface area contributed by atoms with Crippen LogP contribution in [-0.2, 0) is 4.79 Å². The minimum absolute atomic E-state index is 0.134. The largest absolute Gasteiger partial charge is 0.481 e. The van der Waals surface area contributed by atoms with Gasteiger partial charge in [0.05, 0.1) is 22.0 Å². The molecule has 1 rings (SSSR count). The third-order valence-corrected chi connectivity index (χ3v) is 3.84. The summed E-state index contributed by atoms with van der Waals surface area (Å²) in [5, 5.41) is 12.5. The van der Waals surface area contributed by atoms with Crippen LogP contribution in [0.4, 0.5) is 4.79 Å². The first kappa shape index (κ1) is 17.6. The van der Waals surface area contributed by atoms with Crippen LogP contribution in [0.1, 0.15) is 25.5 Å². The highest BCUT2D eigenvalue weighted by atomic mass is 35.5. The van der Waals surface area contributed by atoms with Crippen molar-refractivity contribution in [2.24, 2.45) is 5.92 Å². The number of urea groups is 1. The van der Waals surface area contributed by atoms with Crippen molar-refractivity contribution in [2.45, 2.75) is 19.9 Å². The Morgan fingerprint density at radius 2 is 1.90 bits per heavy atom. The molecule has 116 valence electrons. The van der Waals surface area contributed by atoms with E-state index in [1.54, 1.807) is 32.2 Å². The average Bonchev–Trinajstić information content (AvgIpc) is 2.41. The zero-order valence-electron chi connectivity index (χ0n) is 12.1. The van der Waals surface area contributed by atoms with Gasteiger partial charge in [-0.1, -0.05) is 36.2 Å². The molecule has 2 atom stereocenters. The fourth-order valence-corrected chi connectivity index (χ4v) is 2.04. The standard InChI is InChI=1S/C14H18Cl2N2O3/c1-8(13(19)20)7-18(3)14(21)17-9(2)10-4-5-11(15)12(16)6-10/h4-6,8-9H,7H2,1-3H3,(H,17,21)(H,19,20). The number of halogens is 2. The molecule has 0 saturated carbocycles. The van der Waals surface area contributed by atoms with Gasteiger partial charge in [0.25, 0.3) is 0 Å². The molecule has 0 aliphatic carbocycles. The fourth-order valence-electron chi connectivity index (χ4n) is 1.73. The normalized spacial score (nSPS) is 13.4. The van der Waals surface area contributed by atoms with Gasteiger partial charge in [0, 0.05) is 13.6 Å². The second-order valence-electron chi connectivity index (χ2n) is 4.96. The monoisotopic (exact) mass is 332 g/mol. The summed E-state index contributed by atoms with van der Waals surface area (Å²) >= 11 is 11.8. The van der Waals surface area contributed by atoms with Crippen LogP contribution in [-0.4, -0.2) is 35.6 Å². The Hall–Kier alpha value is -1.46. The van der Waals surface area contributed by atoms with E-state index in [0.717, 1.165) is 5.56 Å². The highest BCUT2D eigenvalue weighted by Crippen LogP contribution is 2.25. The number of benzene rings is 1. The average molecular weight is 333 g/mol. The third kappa shape index (κ3) is 5.10. The van der Waals surface area contributed by atoms with E-state index in [1.165, 1.54) is 4.90 Å². The smallest absolute Gasteiger partial charge is 0.317 e. The van der Waals surface area contributed by atoms with E-state index in [2.05, 4.69) is 5.32 Å². The number of aliphatic carboxylic acids is 1. The van der Waals surface area contributed by atoms with Crippen molar-refractivity contribution < 1.29 is 14.7 Å². The number of rotatable bonds is 5. The van der Waals surface area contributed by atoms with Crippen LogP contribution in [0.2, 0.25) is 10.0 Å². The zero-order chi connectivity index (χ0) is 16.2. The summed E-state index contributed by atoms with van der Waals surface area (Å²) in [7, 11) is 1.55. The van der Waals surface area contributed by atoms with Crippen molar-refractivity contribution >= 4 is 35.2 Å². The topological polar surface area (TPSA) is 69.6 Å². The minimum Gasteiger partial charge on any atom is -0.481 e. The van der Waals surface area contributed by atoms with Gasteiger partial charge in [0.15, 0.2) is 0 Å². The van der Waals surface area contributed by atoms with Crippen molar-refractivity contribution in [3.05, 3.63) is 33.8 Å². The van der Waals surface area contributed by atoms with Crippen LogP contribution in [0.3, 0.4) is 0 Å². The van der Waals surface area contributed by atoms with Gasteiger partial charge in [0.2, 0.25) is 0 Å². The number of carbonyl (C=O) groups is 2. The maximum Gasteiger partial charge on any atom is 0.317 e. The number of hydrogen-bond donors (Lipinski definition) is 2. The molecular formula is C14H18Cl2N2O3. The Bertz CT molecular complexity index is 537. The van der Waals surface area contributed by atoms with Crippen LogP contribution >= 0.6 is 23.2 Å². The lowest BCUT2D eigenvalue weighted by Crippen LogP contribution is -2.41. The number of hydrogen-bond acceptors (Lipinski definition) is 2. The lowest BCUT2D eigenvalue weighted by molar-refractivity contribution is -0.141. The molecule has 5 nitrogen and oxygen atoms in total. The van der Waals surface area contributed by atoms with E-state index < -0.39 is 11.9 Å². The minimum atomic E-state index is -0.938. The Labute approximate surface area is 133 Å². The number of nitrogens with zero attached hydrogens (tertiary/aromatic N) is 1. The molecule has 2 N–H and O–H groups in total. The molecule has 0 fully saturated rings. The van der Waals surface area contributed by atoms with E-state index >= 15 is 0 Å². The summed E-state index contributed by atoms with van der Waals surface area (Å²) in [6.07, 6.45) is 0. The predicted molar refractivity (Wildman–Crippen MR) is 82.8 cm³/mol. The Kier molecular flexibility index (Phi) is 6.30. The predicted octanol–water partition coefficient (Wildman–Crippen LogP) is 3.42. The Balaban J connectivity index is 2.64. The summed E-state index contributed by atoms with van der Waals surface area (Å²) in [5.74, 6) is -1.56. The van der Waals surface area contributed by atoms with Crippen molar-refractivity contribution in [3.63, 3.8) is 0 Å². The lowest BCUT2D eigenvalue weighted by Gasteiger charge is -2.23. The summed E-state index contributed by atoms with van der Waals surface area (Å²) in [4.78, 5) is 24.1. The van der Waals surface area contributed by atoms with Gasteiger partial charge in [0.1, 0.15) is 0 Å². The molecule has 1 aromatic rings. The second-order valence-corrected chi connectivity index (χ2v) is 5.78. The first-order chi connectivity index (χ1) is 9.72. The lowest BCUT2D eigenvalue weighted by atomic mass is 10.1. The first-order valence-corrected chi connectivity index (χ1v) is 7.17. The molecule has 0 radical (unpaired) electrons. The molecule has 1 aromatic carbocycles. The van der Waals surface area contributed by atoms with Crippen LogP contribution in [0, 0.1) is 5.92 Å². The molecule has 2 amide bonds. The molecule has 0 heterocycles. The summed E-state index contributed by atoms with van der Waals surface area (Å²) < 4.78 is 0. The van der Waals surface area contributed by atoms with Gasteiger partial charge in [-0.15, -0.1) is 0 Å². The summed E-state index contributed by atoms with van der Waals surface area (Å²) in [6.45, 7) is 3.50. The number of nitrogens with one attached hydrogen (secondary N) is 1. The maximum absolute atomic E-state index is 12.0. The van der Waals surface area contributed by atoms with Crippen molar-refractivity contribution in [1.82, 2.24) is 10.2 Å². The molecule has 21 heavy (non-hydrogen) atoms. The maximum atomic E-state index is 12.0. The van der Waals surface area contributed by atoms with Gasteiger partial charge >= 0.3 is 12.0 Å². The van der Waals surface area contributed by atoms with Crippen LogP contribution in [0.25, 0.3) is 0 Å². The molecule has 7 heteroatoms. The highest BCUT2D eigenvalue weighted by molar-refractivity contribution is 6.42. The van der Waals surface area contributed by atoms with Crippen molar-refractivity contribution in [2.75, 3.05) is 13.6 Å². The van der Waals surface area contributed by atoms with E-state index in [9.17, 15) is 9.59 Å². The van der Waals surface area contributed by atoms with Gasteiger partial charge < -0.3 is 15.3 Å². The van der Waals surface area contributed by atoms with Crippen LogP contribution in [0.15, 0.2) is 18.2 Å². The molecule has 0 saturated heterocycles. The van der Waals surface area contributed by atoms with Gasteiger partial charge in [-0.05, 0) is 24.6 Å². The number of amides is 2. The molecule has 0 bridgehead atoms. The Morgan fingerprint density at radius 1 is 1.29 bits per heavy atom. The van der Waals surface area contributed by atoms with Gasteiger partial charge in [-0.25, -0.2) is 4.79 Å². The SMILES string of the molecule is CC(CN(C)C(=O)NC(C)c1ccc(Cl)c(Cl)c1)C(=O)O. The summed E-state index contributed by atoms with van der Waals surface area (Å²) in [5.41, 5.74) is 0.817. The van der Waals surface area contributed by atoms with E-state index in [0.29, 0.717) is 10.0 Å². The third-order valence-electron chi connectivity index (χ3n) is 3.10.